The fourth-order valence-electron chi connectivity index (χ4n) is 2.79. The molecule has 1 atom stereocenters. The van der Waals surface area contributed by atoms with E-state index in [0.29, 0.717) is 18.8 Å². The Bertz CT molecular complexity index is 846. The molecule has 2 aromatic rings. The Balaban J connectivity index is 1.62. The first-order valence-electron chi connectivity index (χ1n) is 8.59. The molecule has 1 N–H and O–H groups in total. The number of thioether (sulfide) groups is 1. The van der Waals surface area contributed by atoms with Crippen LogP contribution in [0.5, 0.6) is 0 Å². The van der Waals surface area contributed by atoms with Crippen LogP contribution in [-0.2, 0) is 14.8 Å². The average Bonchev–Trinajstić information content (AvgIpc) is 3.18. The Labute approximate surface area is 158 Å². The van der Waals surface area contributed by atoms with Crippen molar-refractivity contribution in [3.8, 4) is 0 Å². The van der Waals surface area contributed by atoms with Gasteiger partial charge in [-0.05, 0) is 56.2 Å². The lowest BCUT2D eigenvalue weighted by atomic mass is 10.3. The third kappa shape index (κ3) is 4.47. The van der Waals surface area contributed by atoms with Gasteiger partial charge >= 0.3 is 0 Å². The Morgan fingerprint density at radius 1 is 1.04 bits per heavy atom. The molecule has 138 valence electrons. The van der Waals surface area contributed by atoms with Crippen molar-refractivity contribution in [1.29, 1.82) is 0 Å². The molecule has 3 rings (SSSR count). The Hall–Kier alpha value is -1.83. The van der Waals surface area contributed by atoms with Crippen LogP contribution in [0, 0.1) is 0 Å². The van der Waals surface area contributed by atoms with Crippen LogP contribution >= 0.6 is 11.8 Å². The fraction of sp³-hybridized carbons (Fsp3) is 0.316. The van der Waals surface area contributed by atoms with Gasteiger partial charge in [0.15, 0.2) is 0 Å². The summed E-state index contributed by atoms with van der Waals surface area (Å²) in [6.07, 6.45) is 1.81. The zero-order chi connectivity index (χ0) is 18.6. The minimum atomic E-state index is -3.42. The standard InChI is InChI=1S/C19H22N2O3S2/c1-15(25-17-7-3-2-4-8-17)19(22)20-16-9-11-18(12-10-16)26(23,24)21-13-5-6-14-21/h2-4,7-12,15H,5-6,13-14H2,1H3,(H,20,22)/t15-/m0/s1. The van der Waals surface area contributed by atoms with Crippen LogP contribution in [0.1, 0.15) is 19.8 Å². The first-order valence-corrected chi connectivity index (χ1v) is 10.9. The first kappa shape index (κ1) is 18.9. The summed E-state index contributed by atoms with van der Waals surface area (Å²) in [5, 5.41) is 2.58. The van der Waals surface area contributed by atoms with Gasteiger partial charge in [-0.25, -0.2) is 8.42 Å². The number of carbonyl (C=O) groups is 1. The number of hydrogen-bond acceptors (Lipinski definition) is 4. The second-order valence-corrected chi connectivity index (χ2v) is 9.55. The summed E-state index contributed by atoms with van der Waals surface area (Å²) >= 11 is 1.48. The summed E-state index contributed by atoms with van der Waals surface area (Å²) < 4.78 is 26.5. The van der Waals surface area contributed by atoms with E-state index in [1.165, 1.54) is 16.1 Å². The number of sulfonamides is 1. The van der Waals surface area contributed by atoms with E-state index in [1.807, 2.05) is 37.3 Å². The predicted molar refractivity (Wildman–Crippen MR) is 105 cm³/mol. The highest BCUT2D eigenvalue weighted by Gasteiger charge is 2.27. The highest BCUT2D eigenvalue weighted by molar-refractivity contribution is 8.00. The van der Waals surface area contributed by atoms with Crippen molar-refractivity contribution in [2.75, 3.05) is 18.4 Å². The normalized spacial score (nSPS) is 16.3. The molecular weight excluding hydrogens is 368 g/mol. The summed E-state index contributed by atoms with van der Waals surface area (Å²) in [5.74, 6) is -0.117. The highest BCUT2D eigenvalue weighted by atomic mass is 32.2. The zero-order valence-electron chi connectivity index (χ0n) is 14.6. The van der Waals surface area contributed by atoms with Crippen molar-refractivity contribution in [1.82, 2.24) is 4.31 Å². The van der Waals surface area contributed by atoms with E-state index in [9.17, 15) is 13.2 Å². The fourth-order valence-corrected chi connectivity index (χ4v) is 5.19. The highest BCUT2D eigenvalue weighted by Crippen LogP contribution is 2.25. The molecule has 0 saturated carbocycles. The molecule has 1 fully saturated rings. The zero-order valence-corrected chi connectivity index (χ0v) is 16.2. The maximum Gasteiger partial charge on any atom is 0.243 e. The van der Waals surface area contributed by atoms with Crippen LogP contribution < -0.4 is 5.32 Å². The van der Waals surface area contributed by atoms with Gasteiger partial charge in [-0.1, -0.05) is 18.2 Å². The Kier molecular flexibility index (Phi) is 6.01. The molecule has 1 aliphatic heterocycles. The first-order chi connectivity index (χ1) is 12.5. The minimum Gasteiger partial charge on any atom is -0.325 e. The predicted octanol–water partition coefficient (Wildman–Crippen LogP) is 3.59. The monoisotopic (exact) mass is 390 g/mol. The summed E-state index contributed by atoms with van der Waals surface area (Å²) in [4.78, 5) is 13.6. The van der Waals surface area contributed by atoms with Crippen LogP contribution in [0.2, 0.25) is 0 Å². The van der Waals surface area contributed by atoms with Gasteiger partial charge in [0.05, 0.1) is 10.1 Å². The van der Waals surface area contributed by atoms with Gasteiger partial charge in [0, 0.05) is 23.7 Å². The molecule has 0 unspecified atom stereocenters. The molecule has 1 aliphatic rings. The molecule has 0 radical (unpaired) electrons. The summed E-state index contributed by atoms with van der Waals surface area (Å²) in [6, 6.07) is 16.1. The van der Waals surface area contributed by atoms with E-state index in [2.05, 4.69) is 5.32 Å². The van der Waals surface area contributed by atoms with Crippen molar-refractivity contribution in [2.24, 2.45) is 0 Å². The number of benzene rings is 2. The maximum absolute atomic E-state index is 12.5. The second kappa shape index (κ2) is 8.24. The van der Waals surface area contributed by atoms with E-state index in [1.54, 1.807) is 24.3 Å². The van der Waals surface area contributed by atoms with Gasteiger partial charge in [0.25, 0.3) is 0 Å². The molecule has 1 heterocycles. The molecule has 2 aromatic carbocycles. The van der Waals surface area contributed by atoms with Gasteiger partial charge in [-0.15, -0.1) is 11.8 Å². The lowest BCUT2D eigenvalue weighted by Crippen LogP contribution is -2.27. The quantitative estimate of drug-likeness (QED) is 0.766. The van der Waals surface area contributed by atoms with Gasteiger partial charge in [-0.2, -0.15) is 4.31 Å². The van der Waals surface area contributed by atoms with E-state index in [-0.39, 0.29) is 16.1 Å². The number of anilines is 1. The average molecular weight is 391 g/mol. The largest absolute Gasteiger partial charge is 0.325 e. The number of hydrogen-bond donors (Lipinski definition) is 1. The molecule has 26 heavy (non-hydrogen) atoms. The van der Waals surface area contributed by atoms with Crippen LogP contribution in [0.25, 0.3) is 0 Å². The lowest BCUT2D eigenvalue weighted by Gasteiger charge is -2.16. The molecular formula is C19H22N2O3S2. The van der Waals surface area contributed by atoms with E-state index in [0.717, 1.165) is 17.7 Å². The van der Waals surface area contributed by atoms with Crippen LogP contribution in [-0.4, -0.2) is 37.0 Å². The lowest BCUT2D eigenvalue weighted by molar-refractivity contribution is -0.115. The SMILES string of the molecule is C[C@H](Sc1ccccc1)C(=O)Nc1ccc(S(=O)(=O)N2CCCC2)cc1. The summed E-state index contributed by atoms with van der Waals surface area (Å²) in [5.41, 5.74) is 0.593. The van der Waals surface area contributed by atoms with Crippen molar-refractivity contribution in [3.05, 3.63) is 54.6 Å². The van der Waals surface area contributed by atoms with Crippen molar-refractivity contribution in [2.45, 2.75) is 34.8 Å². The molecule has 0 spiro atoms. The number of nitrogens with zero attached hydrogens (tertiary/aromatic N) is 1. The van der Waals surface area contributed by atoms with E-state index >= 15 is 0 Å². The Morgan fingerprint density at radius 3 is 2.27 bits per heavy atom. The summed E-state index contributed by atoms with van der Waals surface area (Å²) in [7, 11) is -3.42. The molecule has 7 heteroatoms. The third-order valence-corrected chi connectivity index (χ3v) is 7.27. The number of nitrogens with one attached hydrogen (secondary N) is 1. The molecule has 1 saturated heterocycles. The van der Waals surface area contributed by atoms with E-state index < -0.39 is 10.0 Å². The van der Waals surface area contributed by atoms with Gasteiger partial charge in [0.1, 0.15) is 0 Å². The van der Waals surface area contributed by atoms with Crippen molar-refractivity contribution >= 4 is 33.4 Å². The summed E-state index contributed by atoms with van der Waals surface area (Å²) in [6.45, 7) is 3.00. The van der Waals surface area contributed by atoms with Crippen LogP contribution in [0.3, 0.4) is 0 Å². The van der Waals surface area contributed by atoms with Crippen molar-refractivity contribution in [3.63, 3.8) is 0 Å². The van der Waals surface area contributed by atoms with Crippen LogP contribution in [0.4, 0.5) is 5.69 Å². The van der Waals surface area contributed by atoms with Gasteiger partial charge < -0.3 is 5.32 Å². The number of rotatable bonds is 6. The Morgan fingerprint density at radius 2 is 1.65 bits per heavy atom. The maximum atomic E-state index is 12.5. The molecule has 1 amide bonds. The molecule has 5 nitrogen and oxygen atoms in total. The van der Waals surface area contributed by atoms with E-state index in [4.69, 9.17) is 0 Å². The van der Waals surface area contributed by atoms with Crippen molar-refractivity contribution < 1.29 is 13.2 Å². The molecule has 0 aromatic heterocycles. The molecule has 0 bridgehead atoms. The smallest absolute Gasteiger partial charge is 0.243 e. The number of carbonyl (C=O) groups excluding carboxylic acids is 1. The van der Waals surface area contributed by atoms with Gasteiger partial charge in [0.2, 0.25) is 15.9 Å². The van der Waals surface area contributed by atoms with Gasteiger partial charge in [-0.3, -0.25) is 4.79 Å². The van der Waals surface area contributed by atoms with Crippen LogP contribution in [0.15, 0.2) is 64.4 Å². The number of amides is 1. The topological polar surface area (TPSA) is 66.5 Å². The third-order valence-electron chi connectivity index (χ3n) is 4.25. The molecule has 0 aliphatic carbocycles. The minimum absolute atomic E-state index is 0.117. The second-order valence-electron chi connectivity index (χ2n) is 6.20.